The number of benzene rings is 1. The molecule has 1 atom stereocenters. The first kappa shape index (κ1) is 16.2. The average Bonchev–Trinajstić information content (AvgIpc) is 2.31. The van der Waals surface area contributed by atoms with Gasteiger partial charge in [0, 0.05) is 49.4 Å². The van der Waals surface area contributed by atoms with Gasteiger partial charge in [-0.05, 0) is 18.6 Å². The second-order valence-corrected chi connectivity index (χ2v) is 5.03. The average molecular weight is 306 g/mol. The molecule has 106 valence electrons. The van der Waals surface area contributed by atoms with E-state index in [9.17, 15) is 10.1 Å². The Labute approximate surface area is 123 Å². The highest BCUT2D eigenvalue weighted by molar-refractivity contribution is 6.31. The first-order valence-electron chi connectivity index (χ1n) is 5.95. The third-order valence-electron chi connectivity index (χ3n) is 3.09. The van der Waals surface area contributed by atoms with Crippen LogP contribution in [0.5, 0.6) is 0 Å². The Hall–Kier alpha value is -0.880. The summed E-state index contributed by atoms with van der Waals surface area (Å²) in [5, 5.41) is 14.7. The molecule has 0 aliphatic carbocycles. The zero-order valence-electron chi connectivity index (χ0n) is 10.6. The highest BCUT2D eigenvalue weighted by Crippen LogP contribution is 2.23. The number of non-ortho nitro benzene ring substituents is 1. The molecule has 19 heavy (non-hydrogen) atoms. The lowest BCUT2D eigenvalue weighted by Crippen LogP contribution is -2.48. The van der Waals surface area contributed by atoms with Gasteiger partial charge in [0.1, 0.15) is 0 Å². The Morgan fingerprint density at radius 2 is 2.32 bits per heavy atom. The fraction of sp³-hybridized carbons (Fsp3) is 0.500. The predicted octanol–water partition coefficient (Wildman–Crippen LogP) is 2.46. The minimum absolute atomic E-state index is 0. The molecule has 1 aromatic rings. The van der Waals surface area contributed by atoms with E-state index in [1.807, 2.05) is 0 Å². The van der Waals surface area contributed by atoms with Crippen LogP contribution in [0.15, 0.2) is 18.2 Å². The summed E-state index contributed by atoms with van der Waals surface area (Å²) in [6.45, 7) is 5.59. The summed E-state index contributed by atoms with van der Waals surface area (Å²) in [6.07, 6.45) is 0. The summed E-state index contributed by atoms with van der Waals surface area (Å²) in [4.78, 5) is 12.6. The third kappa shape index (κ3) is 4.31. The minimum atomic E-state index is -0.389. The molecule has 1 aromatic carbocycles. The monoisotopic (exact) mass is 305 g/mol. The van der Waals surface area contributed by atoms with Crippen molar-refractivity contribution in [1.82, 2.24) is 10.2 Å². The van der Waals surface area contributed by atoms with Crippen molar-refractivity contribution in [3.8, 4) is 0 Å². The standard InChI is InChI=1S/C12H16ClN3O2.ClH/c1-9-7-15(5-4-14-9)8-10-6-11(16(17)18)2-3-12(10)13;/h2-3,6,9,14H,4-5,7-8H2,1H3;1H. The molecule has 1 heterocycles. The van der Waals surface area contributed by atoms with Gasteiger partial charge in [-0.3, -0.25) is 15.0 Å². The van der Waals surface area contributed by atoms with E-state index < -0.39 is 0 Å². The van der Waals surface area contributed by atoms with Crippen LogP contribution in [0.3, 0.4) is 0 Å². The van der Waals surface area contributed by atoms with Crippen molar-refractivity contribution >= 4 is 29.7 Å². The van der Waals surface area contributed by atoms with Crippen LogP contribution in [0.25, 0.3) is 0 Å². The van der Waals surface area contributed by atoms with Crippen molar-refractivity contribution in [2.24, 2.45) is 0 Å². The van der Waals surface area contributed by atoms with E-state index in [2.05, 4.69) is 17.1 Å². The van der Waals surface area contributed by atoms with Crippen LogP contribution >= 0.6 is 24.0 Å². The molecule has 2 rings (SSSR count). The van der Waals surface area contributed by atoms with E-state index in [-0.39, 0.29) is 23.0 Å². The normalized spacial score (nSPS) is 19.8. The van der Waals surface area contributed by atoms with Crippen LogP contribution < -0.4 is 5.32 Å². The van der Waals surface area contributed by atoms with Gasteiger partial charge < -0.3 is 5.32 Å². The zero-order chi connectivity index (χ0) is 13.1. The number of rotatable bonds is 3. The van der Waals surface area contributed by atoms with Crippen molar-refractivity contribution in [3.63, 3.8) is 0 Å². The fourth-order valence-electron chi connectivity index (χ4n) is 2.19. The first-order valence-corrected chi connectivity index (χ1v) is 6.32. The number of nitrogens with zero attached hydrogens (tertiary/aromatic N) is 2. The molecule has 1 N–H and O–H groups in total. The van der Waals surface area contributed by atoms with E-state index >= 15 is 0 Å². The number of hydrogen-bond donors (Lipinski definition) is 1. The van der Waals surface area contributed by atoms with Gasteiger partial charge in [0.2, 0.25) is 0 Å². The van der Waals surface area contributed by atoms with Crippen LogP contribution in [0.2, 0.25) is 5.02 Å². The van der Waals surface area contributed by atoms with Gasteiger partial charge in [0.25, 0.3) is 5.69 Å². The van der Waals surface area contributed by atoms with E-state index in [0.717, 1.165) is 25.2 Å². The molecule has 5 nitrogen and oxygen atoms in total. The van der Waals surface area contributed by atoms with Crippen LogP contribution in [-0.4, -0.2) is 35.5 Å². The topological polar surface area (TPSA) is 58.4 Å². The van der Waals surface area contributed by atoms with Crippen molar-refractivity contribution in [2.45, 2.75) is 19.5 Å². The van der Waals surface area contributed by atoms with Crippen LogP contribution in [-0.2, 0) is 6.54 Å². The third-order valence-corrected chi connectivity index (χ3v) is 3.46. The smallest absolute Gasteiger partial charge is 0.269 e. The van der Waals surface area contributed by atoms with Gasteiger partial charge in [-0.15, -0.1) is 12.4 Å². The van der Waals surface area contributed by atoms with Crippen LogP contribution in [0.1, 0.15) is 12.5 Å². The molecule has 7 heteroatoms. The van der Waals surface area contributed by atoms with Crippen molar-refractivity contribution < 1.29 is 4.92 Å². The van der Waals surface area contributed by atoms with Crippen LogP contribution in [0, 0.1) is 10.1 Å². The lowest BCUT2D eigenvalue weighted by atomic mass is 10.1. The first-order chi connectivity index (χ1) is 8.56. The molecule has 0 saturated carbocycles. The SMILES string of the molecule is CC1CN(Cc2cc([N+](=O)[O-])ccc2Cl)CCN1.Cl. The minimum Gasteiger partial charge on any atom is -0.312 e. The highest BCUT2D eigenvalue weighted by Gasteiger charge is 2.18. The lowest BCUT2D eigenvalue weighted by Gasteiger charge is -2.31. The van der Waals surface area contributed by atoms with Gasteiger partial charge in [-0.25, -0.2) is 0 Å². The van der Waals surface area contributed by atoms with E-state index in [1.165, 1.54) is 6.07 Å². The summed E-state index contributed by atoms with van der Waals surface area (Å²) >= 11 is 6.09. The molecule has 0 aromatic heterocycles. The van der Waals surface area contributed by atoms with Crippen LogP contribution in [0.4, 0.5) is 5.69 Å². The summed E-state index contributed by atoms with van der Waals surface area (Å²) in [5.74, 6) is 0. The maximum absolute atomic E-state index is 10.7. The molecule has 1 aliphatic heterocycles. The number of piperazine rings is 1. The zero-order valence-corrected chi connectivity index (χ0v) is 12.2. The number of halogens is 2. The molecule has 0 radical (unpaired) electrons. The highest BCUT2D eigenvalue weighted by atomic mass is 35.5. The molecule has 1 fully saturated rings. The molecule has 0 amide bonds. The quantitative estimate of drug-likeness (QED) is 0.688. The summed E-state index contributed by atoms with van der Waals surface area (Å²) < 4.78 is 0. The Morgan fingerprint density at radius 3 is 2.95 bits per heavy atom. The summed E-state index contributed by atoms with van der Waals surface area (Å²) in [7, 11) is 0. The molecule has 1 unspecified atom stereocenters. The molecular formula is C12H17Cl2N3O2. The van der Waals surface area contributed by atoms with Crippen molar-refractivity contribution in [2.75, 3.05) is 19.6 Å². The summed E-state index contributed by atoms with van der Waals surface area (Å²) in [5.41, 5.74) is 0.914. The lowest BCUT2D eigenvalue weighted by molar-refractivity contribution is -0.384. The Morgan fingerprint density at radius 1 is 1.58 bits per heavy atom. The van der Waals surface area contributed by atoms with E-state index in [4.69, 9.17) is 11.6 Å². The molecule has 0 bridgehead atoms. The second kappa shape index (κ2) is 7.05. The summed E-state index contributed by atoms with van der Waals surface area (Å²) in [6, 6.07) is 5.04. The second-order valence-electron chi connectivity index (χ2n) is 4.62. The molecular weight excluding hydrogens is 289 g/mol. The van der Waals surface area contributed by atoms with Gasteiger partial charge in [-0.2, -0.15) is 0 Å². The van der Waals surface area contributed by atoms with Crippen molar-refractivity contribution in [3.05, 3.63) is 38.9 Å². The van der Waals surface area contributed by atoms with Gasteiger partial charge in [-0.1, -0.05) is 11.6 Å². The Balaban J connectivity index is 0.00000180. The van der Waals surface area contributed by atoms with Gasteiger partial charge in [0.15, 0.2) is 0 Å². The molecule has 1 saturated heterocycles. The fourth-order valence-corrected chi connectivity index (χ4v) is 2.37. The van der Waals surface area contributed by atoms with E-state index in [1.54, 1.807) is 12.1 Å². The maximum Gasteiger partial charge on any atom is 0.269 e. The predicted molar refractivity (Wildman–Crippen MR) is 78.1 cm³/mol. The molecule has 0 spiro atoms. The maximum atomic E-state index is 10.7. The number of nitro groups is 1. The van der Waals surface area contributed by atoms with Gasteiger partial charge in [0.05, 0.1) is 4.92 Å². The largest absolute Gasteiger partial charge is 0.312 e. The van der Waals surface area contributed by atoms with Gasteiger partial charge >= 0.3 is 0 Å². The number of nitro benzene ring substituents is 1. The van der Waals surface area contributed by atoms with E-state index in [0.29, 0.717) is 17.6 Å². The number of hydrogen-bond acceptors (Lipinski definition) is 4. The Bertz CT molecular complexity index is 457. The number of nitrogens with one attached hydrogen (secondary N) is 1. The van der Waals surface area contributed by atoms with Crippen molar-refractivity contribution in [1.29, 1.82) is 0 Å². The Kier molecular flexibility index (Phi) is 6.00. The molecule has 1 aliphatic rings.